The van der Waals surface area contributed by atoms with Crippen molar-refractivity contribution < 1.29 is 9.72 Å². The van der Waals surface area contributed by atoms with Gasteiger partial charge in [0.2, 0.25) is 5.91 Å². The number of anilines is 1. The quantitative estimate of drug-likeness (QED) is 0.596. The molecule has 0 aromatic heterocycles. The van der Waals surface area contributed by atoms with Crippen LogP contribution in [0.2, 0.25) is 0 Å². The van der Waals surface area contributed by atoms with Crippen LogP contribution in [0.4, 0.5) is 11.4 Å². The first-order valence-electron chi connectivity index (χ1n) is 7.08. The van der Waals surface area contributed by atoms with E-state index in [9.17, 15) is 14.9 Å². The third-order valence-electron chi connectivity index (χ3n) is 3.31. The second-order valence-corrected chi connectivity index (χ2v) is 5.74. The second kappa shape index (κ2) is 7.73. The largest absolute Gasteiger partial charge is 0.330 e. The molecule has 3 N–H and O–H groups in total. The van der Waals surface area contributed by atoms with Crippen molar-refractivity contribution in [1.82, 2.24) is 0 Å². The number of aryl methyl sites for hydroxylation is 1. The fourth-order valence-electron chi connectivity index (χ4n) is 2.29. The second-order valence-electron chi connectivity index (χ2n) is 5.74. The highest BCUT2D eigenvalue weighted by atomic mass is 16.6. The molecule has 0 fully saturated rings. The maximum absolute atomic E-state index is 12.0. The van der Waals surface area contributed by atoms with Crippen molar-refractivity contribution in [2.75, 3.05) is 11.9 Å². The number of nitrogens with zero attached hydrogens (tertiary/aromatic N) is 1. The molecule has 6 nitrogen and oxygen atoms in total. The molecule has 0 aliphatic heterocycles. The van der Waals surface area contributed by atoms with Gasteiger partial charge in [-0.15, -0.1) is 0 Å². The van der Waals surface area contributed by atoms with Gasteiger partial charge in [0.15, 0.2) is 0 Å². The average molecular weight is 293 g/mol. The summed E-state index contributed by atoms with van der Waals surface area (Å²) in [5, 5.41) is 13.5. The summed E-state index contributed by atoms with van der Waals surface area (Å²) in [5.41, 5.74) is 6.98. The minimum atomic E-state index is -0.453. The highest BCUT2D eigenvalue weighted by Crippen LogP contribution is 2.22. The van der Waals surface area contributed by atoms with Gasteiger partial charge in [0.25, 0.3) is 5.69 Å². The lowest BCUT2D eigenvalue weighted by atomic mass is 9.94. The molecule has 0 saturated carbocycles. The van der Waals surface area contributed by atoms with Crippen LogP contribution in [0.15, 0.2) is 18.2 Å². The Labute approximate surface area is 124 Å². The number of carbonyl (C=O) groups excluding carboxylic acids is 1. The van der Waals surface area contributed by atoms with E-state index < -0.39 is 4.92 Å². The van der Waals surface area contributed by atoms with E-state index in [0.29, 0.717) is 30.1 Å². The number of amides is 1. The summed E-state index contributed by atoms with van der Waals surface area (Å²) in [6, 6.07) is 4.40. The van der Waals surface area contributed by atoms with E-state index >= 15 is 0 Å². The van der Waals surface area contributed by atoms with E-state index in [0.717, 1.165) is 6.42 Å². The fraction of sp³-hybridized carbons (Fsp3) is 0.533. The van der Waals surface area contributed by atoms with Crippen LogP contribution in [0.3, 0.4) is 0 Å². The molecule has 1 atom stereocenters. The molecular formula is C15H23N3O3. The lowest BCUT2D eigenvalue weighted by Gasteiger charge is -2.17. The van der Waals surface area contributed by atoms with Crippen LogP contribution in [0.1, 0.15) is 32.3 Å². The van der Waals surface area contributed by atoms with Crippen molar-refractivity contribution in [2.45, 2.75) is 33.6 Å². The third-order valence-corrected chi connectivity index (χ3v) is 3.31. The molecule has 0 spiro atoms. The molecule has 0 heterocycles. The summed E-state index contributed by atoms with van der Waals surface area (Å²) in [4.78, 5) is 22.3. The summed E-state index contributed by atoms with van der Waals surface area (Å²) in [7, 11) is 0. The number of nitrogens with two attached hydrogens (primary N) is 1. The first-order valence-corrected chi connectivity index (χ1v) is 7.08. The average Bonchev–Trinajstić information content (AvgIpc) is 2.39. The zero-order valence-electron chi connectivity index (χ0n) is 12.8. The van der Waals surface area contributed by atoms with Gasteiger partial charge in [-0.2, -0.15) is 0 Å². The first kappa shape index (κ1) is 17.1. The Morgan fingerprint density at radius 3 is 2.57 bits per heavy atom. The Morgan fingerprint density at radius 1 is 1.43 bits per heavy atom. The summed E-state index contributed by atoms with van der Waals surface area (Å²) >= 11 is 0. The zero-order valence-corrected chi connectivity index (χ0v) is 12.8. The lowest BCUT2D eigenvalue weighted by Crippen LogP contribution is -2.23. The summed E-state index contributed by atoms with van der Waals surface area (Å²) in [5.74, 6) is 0.541. The van der Waals surface area contributed by atoms with Crippen LogP contribution in [0.25, 0.3) is 0 Å². The van der Waals surface area contributed by atoms with Crippen molar-refractivity contribution in [3.05, 3.63) is 33.9 Å². The molecule has 1 unspecified atom stereocenters. The molecule has 6 heteroatoms. The number of non-ortho nitro benzene ring substituents is 1. The van der Waals surface area contributed by atoms with Crippen molar-refractivity contribution in [1.29, 1.82) is 0 Å². The maximum atomic E-state index is 12.0. The van der Waals surface area contributed by atoms with E-state index in [4.69, 9.17) is 5.73 Å². The number of nitro benzene ring substituents is 1. The number of nitrogens with one attached hydrogen (secondary N) is 1. The zero-order chi connectivity index (χ0) is 16.0. The van der Waals surface area contributed by atoms with Crippen LogP contribution in [-0.2, 0) is 4.79 Å². The molecular weight excluding hydrogens is 270 g/mol. The van der Waals surface area contributed by atoms with Crippen molar-refractivity contribution in [3.8, 4) is 0 Å². The number of rotatable bonds is 7. The molecule has 0 aliphatic rings. The lowest BCUT2D eigenvalue weighted by molar-refractivity contribution is -0.384. The van der Waals surface area contributed by atoms with Crippen molar-refractivity contribution in [3.63, 3.8) is 0 Å². The number of hydrogen-bond acceptors (Lipinski definition) is 4. The van der Waals surface area contributed by atoms with E-state index in [1.807, 2.05) is 0 Å². The molecule has 0 radical (unpaired) electrons. The maximum Gasteiger partial charge on any atom is 0.269 e. The molecule has 1 rings (SSSR count). The van der Waals surface area contributed by atoms with E-state index in [-0.39, 0.29) is 17.5 Å². The van der Waals surface area contributed by atoms with Gasteiger partial charge < -0.3 is 11.1 Å². The highest BCUT2D eigenvalue weighted by molar-refractivity contribution is 5.91. The van der Waals surface area contributed by atoms with Gasteiger partial charge in [0.1, 0.15) is 0 Å². The summed E-state index contributed by atoms with van der Waals surface area (Å²) in [6.07, 6.45) is 1.27. The Balaban J connectivity index is 2.68. The van der Waals surface area contributed by atoms with Crippen LogP contribution in [-0.4, -0.2) is 17.4 Å². The van der Waals surface area contributed by atoms with Crippen LogP contribution in [0, 0.1) is 28.9 Å². The predicted molar refractivity (Wildman–Crippen MR) is 83.1 cm³/mol. The number of carbonyl (C=O) groups is 1. The number of hydrogen-bond donors (Lipinski definition) is 2. The molecule has 0 aliphatic carbocycles. The van der Waals surface area contributed by atoms with Gasteiger partial charge in [-0.25, -0.2) is 0 Å². The van der Waals surface area contributed by atoms with E-state index in [1.54, 1.807) is 13.0 Å². The van der Waals surface area contributed by atoms with E-state index in [1.165, 1.54) is 12.1 Å². The number of benzene rings is 1. The topological polar surface area (TPSA) is 98.3 Å². The standard InChI is InChI=1S/C15H23N3O3/c1-10(2)6-12(9-16)8-15(19)17-14-5-4-13(18(20)21)7-11(14)3/h4-5,7,10,12H,6,8-9,16H2,1-3H3,(H,17,19). The van der Waals surface area contributed by atoms with Gasteiger partial charge in [-0.05, 0) is 43.4 Å². The Kier molecular flexibility index (Phi) is 6.30. The molecule has 1 aromatic carbocycles. The molecule has 1 aromatic rings. The van der Waals surface area contributed by atoms with Gasteiger partial charge in [0.05, 0.1) is 4.92 Å². The fourth-order valence-corrected chi connectivity index (χ4v) is 2.29. The molecule has 116 valence electrons. The van der Waals surface area contributed by atoms with Crippen molar-refractivity contribution >= 4 is 17.3 Å². The molecule has 0 saturated heterocycles. The molecule has 1 amide bonds. The molecule has 0 bridgehead atoms. The highest BCUT2D eigenvalue weighted by Gasteiger charge is 2.15. The Hall–Kier alpha value is -1.95. The van der Waals surface area contributed by atoms with Crippen LogP contribution >= 0.6 is 0 Å². The van der Waals surface area contributed by atoms with Crippen LogP contribution < -0.4 is 11.1 Å². The molecule has 21 heavy (non-hydrogen) atoms. The monoisotopic (exact) mass is 293 g/mol. The van der Waals surface area contributed by atoms with Gasteiger partial charge in [-0.3, -0.25) is 14.9 Å². The SMILES string of the molecule is Cc1cc([N+](=O)[O-])ccc1NC(=O)CC(CN)CC(C)C. The Bertz CT molecular complexity index is 515. The third kappa shape index (κ3) is 5.51. The normalized spacial score (nSPS) is 12.2. The number of nitro groups is 1. The summed E-state index contributed by atoms with van der Waals surface area (Å²) in [6.45, 7) is 6.41. The minimum Gasteiger partial charge on any atom is -0.330 e. The van der Waals surface area contributed by atoms with Crippen molar-refractivity contribution in [2.24, 2.45) is 17.6 Å². The minimum absolute atomic E-state index is 0.0186. The van der Waals surface area contributed by atoms with Crippen LogP contribution in [0.5, 0.6) is 0 Å². The van der Waals surface area contributed by atoms with Gasteiger partial charge in [0, 0.05) is 24.2 Å². The van der Waals surface area contributed by atoms with Gasteiger partial charge >= 0.3 is 0 Å². The predicted octanol–water partition coefficient (Wildman–Crippen LogP) is 2.85. The smallest absolute Gasteiger partial charge is 0.269 e. The summed E-state index contributed by atoms with van der Waals surface area (Å²) < 4.78 is 0. The van der Waals surface area contributed by atoms with E-state index in [2.05, 4.69) is 19.2 Å². The first-order chi connectivity index (χ1) is 9.83. The van der Waals surface area contributed by atoms with Gasteiger partial charge in [-0.1, -0.05) is 13.8 Å². The Morgan fingerprint density at radius 2 is 2.10 bits per heavy atom.